The molecule has 2 atom stereocenters. The molecule has 29 heavy (non-hydrogen) atoms. The van der Waals surface area contributed by atoms with Gasteiger partial charge in [0.25, 0.3) is 0 Å². The summed E-state index contributed by atoms with van der Waals surface area (Å²) in [5.74, 6) is 0.762. The fraction of sp³-hybridized carbons (Fsp3) is 0.240. The molecule has 0 amide bonds. The zero-order valence-electron chi connectivity index (χ0n) is 17.1. The average Bonchev–Trinajstić information content (AvgIpc) is 2.75. The maximum absolute atomic E-state index is 12.6. The molecule has 0 unspecified atom stereocenters. The summed E-state index contributed by atoms with van der Waals surface area (Å²) in [5.41, 5.74) is 4.10. The maximum atomic E-state index is 12.6. The van der Waals surface area contributed by atoms with Crippen LogP contribution < -0.4 is 10.1 Å². The molecule has 0 aliphatic rings. The zero-order chi connectivity index (χ0) is 20.6. The first-order valence-corrected chi connectivity index (χ1v) is 9.70. The summed E-state index contributed by atoms with van der Waals surface area (Å²) in [6.45, 7) is 3.99. The van der Waals surface area contributed by atoms with E-state index in [1.54, 1.807) is 14.0 Å². The Bertz CT molecular complexity index is 905. The summed E-state index contributed by atoms with van der Waals surface area (Å²) in [4.78, 5) is 12.6. The van der Waals surface area contributed by atoms with Crippen molar-refractivity contribution in [2.45, 2.75) is 32.6 Å². The van der Waals surface area contributed by atoms with Crippen LogP contribution in [0.15, 0.2) is 78.9 Å². The number of ether oxygens (including phenoxy) is 2. The Balaban J connectivity index is 1.87. The number of rotatable bonds is 9. The third-order valence-corrected chi connectivity index (χ3v) is 4.82. The van der Waals surface area contributed by atoms with Crippen molar-refractivity contribution in [2.75, 3.05) is 12.4 Å². The highest BCUT2D eigenvalue weighted by molar-refractivity contribution is 5.82. The van der Waals surface area contributed by atoms with Crippen molar-refractivity contribution < 1.29 is 14.3 Å². The number of ketones is 1. The Hall–Kier alpha value is -3.11. The Morgan fingerprint density at radius 1 is 0.931 bits per heavy atom. The van der Waals surface area contributed by atoms with E-state index in [4.69, 9.17) is 9.47 Å². The second-order valence-electron chi connectivity index (χ2n) is 7.09. The molecule has 0 spiro atoms. The second-order valence-corrected chi connectivity index (χ2v) is 7.09. The smallest absolute Gasteiger partial charge is 0.160 e. The molecular formula is C25H27NO3. The third kappa shape index (κ3) is 5.69. The summed E-state index contributed by atoms with van der Waals surface area (Å²) >= 11 is 0. The number of Topliss-reactive ketones (excluding diaryl/α,β-unsaturated/α-hetero) is 1. The fourth-order valence-corrected chi connectivity index (χ4v) is 3.18. The van der Waals surface area contributed by atoms with Crippen LogP contribution in [0.2, 0.25) is 0 Å². The fourth-order valence-electron chi connectivity index (χ4n) is 3.18. The molecular weight excluding hydrogens is 362 g/mol. The number of aryl methyl sites for hydroxylation is 1. The van der Waals surface area contributed by atoms with E-state index < -0.39 is 6.10 Å². The molecule has 3 aromatic carbocycles. The van der Waals surface area contributed by atoms with Gasteiger partial charge in [0, 0.05) is 5.69 Å². The SMILES string of the molecule is COc1ccc(N[C@H](c2ccc(C)cc2)[C@@H](OCc2ccccc2)C(C)=O)cc1. The van der Waals surface area contributed by atoms with Gasteiger partial charge >= 0.3 is 0 Å². The Morgan fingerprint density at radius 3 is 2.17 bits per heavy atom. The molecule has 1 N–H and O–H groups in total. The molecule has 0 bridgehead atoms. The van der Waals surface area contributed by atoms with Crippen LogP contribution in [-0.4, -0.2) is 19.0 Å². The minimum Gasteiger partial charge on any atom is -0.497 e. The van der Waals surface area contributed by atoms with Gasteiger partial charge in [-0.05, 0) is 49.2 Å². The van der Waals surface area contributed by atoms with E-state index in [-0.39, 0.29) is 11.8 Å². The predicted octanol–water partition coefficient (Wildman–Crippen LogP) is 5.33. The molecule has 0 radical (unpaired) electrons. The molecule has 0 saturated heterocycles. The molecule has 0 saturated carbocycles. The van der Waals surface area contributed by atoms with E-state index in [2.05, 4.69) is 5.32 Å². The van der Waals surface area contributed by atoms with Gasteiger partial charge in [-0.3, -0.25) is 4.79 Å². The molecule has 3 rings (SSSR count). The van der Waals surface area contributed by atoms with Gasteiger partial charge < -0.3 is 14.8 Å². The van der Waals surface area contributed by atoms with Gasteiger partial charge in [0.2, 0.25) is 0 Å². The van der Waals surface area contributed by atoms with Crippen LogP contribution in [0.1, 0.15) is 29.7 Å². The number of hydrogen-bond acceptors (Lipinski definition) is 4. The topological polar surface area (TPSA) is 47.6 Å². The van der Waals surface area contributed by atoms with E-state index in [1.807, 2.05) is 85.8 Å². The van der Waals surface area contributed by atoms with E-state index in [0.717, 1.165) is 22.6 Å². The number of hydrogen-bond donors (Lipinski definition) is 1. The van der Waals surface area contributed by atoms with Gasteiger partial charge in [0.05, 0.1) is 19.8 Å². The minimum atomic E-state index is -0.625. The molecule has 0 heterocycles. The summed E-state index contributed by atoms with van der Waals surface area (Å²) in [7, 11) is 1.64. The van der Waals surface area contributed by atoms with Crippen molar-refractivity contribution in [3.63, 3.8) is 0 Å². The van der Waals surface area contributed by atoms with Crippen LogP contribution >= 0.6 is 0 Å². The third-order valence-electron chi connectivity index (χ3n) is 4.82. The zero-order valence-corrected chi connectivity index (χ0v) is 17.1. The number of anilines is 1. The van der Waals surface area contributed by atoms with Crippen LogP contribution in [0.4, 0.5) is 5.69 Å². The highest BCUT2D eigenvalue weighted by Crippen LogP contribution is 2.27. The van der Waals surface area contributed by atoms with E-state index in [9.17, 15) is 4.79 Å². The van der Waals surface area contributed by atoms with E-state index in [1.165, 1.54) is 5.56 Å². The van der Waals surface area contributed by atoms with Crippen molar-refractivity contribution in [1.29, 1.82) is 0 Å². The number of nitrogens with one attached hydrogen (secondary N) is 1. The number of carbonyl (C=O) groups excluding carboxylic acids is 1. The Morgan fingerprint density at radius 2 is 1.59 bits per heavy atom. The summed E-state index contributed by atoms with van der Waals surface area (Å²) in [5, 5.41) is 3.48. The average molecular weight is 389 g/mol. The van der Waals surface area contributed by atoms with Crippen LogP contribution in [0, 0.1) is 6.92 Å². The first-order valence-electron chi connectivity index (χ1n) is 9.70. The standard InChI is InChI=1S/C25H27NO3/c1-18-9-11-21(12-10-18)24(26-22-13-15-23(28-3)16-14-22)25(19(2)27)29-17-20-7-5-4-6-8-20/h4-16,24-26H,17H2,1-3H3/t24-,25+/m1/s1. The van der Waals surface area contributed by atoms with Gasteiger partial charge in [-0.2, -0.15) is 0 Å². The molecule has 4 nitrogen and oxygen atoms in total. The van der Waals surface area contributed by atoms with Crippen LogP contribution in [0.3, 0.4) is 0 Å². The molecule has 0 fully saturated rings. The summed E-state index contributed by atoms with van der Waals surface area (Å²) in [6.07, 6.45) is -0.625. The number of benzene rings is 3. The quantitative estimate of drug-likeness (QED) is 0.537. The molecule has 4 heteroatoms. The van der Waals surface area contributed by atoms with Gasteiger partial charge in [-0.1, -0.05) is 60.2 Å². The molecule has 0 aromatic heterocycles. The van der Waals surface area contributed by atoms with Crippen LogP contribution in [0.25, 0.3) is 0 Å². The van der Waals surface area contributed by atoms with Gasteiger partial charge in [0.15, 0.2) is 5.78 Å². The molecule has 0 aliphatic carbocycles. The number of carbonyl (C=O) groups is 1. The van der Waals surface area contributed by atoms with Crippen LogP contribution in [-0.2, 0) is 16.1 Å². The number of methoxy groups -OCH3 is 1. The summed E-state index contributed by atoms with van der Waals surface area (Å²) < 4.78 is 11.4. The lowest BCUT2D eigenvalue weighted by Crippen LogP contribution is -2.34. The lowest BCUT2D eigenvalue weighted by Gasteiger charge is -2.28. The first kappa shape index (κ1) is 20.6. The van der Waals surface area contributed by atoms with Crippen molar-refractivity contribution in [2.24, 2.45) is 0 Å². The van der Waals surface area contributed by atoms with Crippen molar-refractivity contribution in [3.05, 3.63) is 95.6 Å². The highest BCUT2D eigenvalue weighted by Gasteiger charge is 2.28. The molecule has 3 aromatic rings. The van der Waals surface area contributed by atoms with E-state index >= 15 is 0 Å². The summed E-state index contributed by atoms with van der Waals surface area (Å²) in [6, 6.07) is 25.4. The van der Waals surface area contributed by atoms with Gasteiger partial charge in [0.1, 0.15) is 11.9 Å². The van der Waals surface area contributed by atoms with Crippen molar-refractivity contribution in [1.82, 2.24) is 0 Å². The first-order chi connectivity index (χ1) is 14.1. The Kier molecular flexibility index (Phi) is 7.04. The second kappa shape index (κ2) is 9.89. The maximum Gasteiger partial charge on any atom is 0.160 e. The lowest BCUT2D eigenvalue weighted by molar-refractivity contribution is -0.130. The van der Waals surface area contributed by atoms with Crippen LogP contribution in [0.5, 0.6) is 5.75 Å². The lowest BCUT2D eigenvalue weighted by atomic mass is 9.97. The monoisotopic (exact) mass is 389 g/mol. The highest BCUT2D eigenvalue weighted by atomic mass is 16.5. The normalized spacial score (nSPS) is 12.8. The van der Waals surface area contributed by atoms with Gasteiger partial charge in [-0.15, -0.1) is 0 Å². The molecule has 0 aliphatic heterocycles. The molecule has 150 valence electrons. The minimum absolute atomic E-state index is 0.0208. The largest absolute Gasteiger partial charge is 0.497 e. The predicted molar refractivity (Wildman–Crippen MR) is 116 cm³/mol. The van der Waals surface area contributed by atoms with Gasteiger partial charge in [-0.25, -0.2) is 0 Å². The van der Waals surface area contributed by atoms with Crippen molar-refractivity contribution >= 4 is 11.5 Å². The Labute approximate surface area is 172 Å². The van der Waals surface area contributed by atoms with Crippen molar-refractivity contribution in [3.8, 4) is 5.75 Å². The van der Waals surface area contributed by atoms with E-state index in [0.29, 0.717) is 6.61 Å².